The Labute approximate surface area is 113 Å². The Morgan fingerprint density at radius 2 is 2.30 bits per heavy atom. The van der Waals surface area contributed by atoms with Crippen LogP contribution >= 0.6 is 0 Å². The van der Waals surface area contributed by atoms with Crippen LogP contribution in [0.4, 0.5) is 11.8 Å². The maximum atomic E-state index is 10.4. The second-order valence-corrected chi connectivity index (χ2v) is 3.68. The lowest BCUT2D eigenvalue weighted by atomic mass is 10.4. The van der Waals surface area contributed by atoms with Crippen LogP contribution in [0.2, 0.25) is 0 Å². The predicted octanol–water partition coefficient (Wildman–Crippen LogP) is 1.74. The molecule has 2 aromatic heterocycles. The van der Waals surface area contributed by atoms with E-state index in [0.29, 0.717) is 11.6 Å². The highest BCUT2D eigenvalue weighted by Crippen LogP contribution is 2.14. The number of nitrogens with zero attached hydrogens (tertiary/aromatic N) is 4. The Balaban J connectivity index is 2.05. The lowest BCUT2D eigenvalue weighted by molar-refractivity contribution is -0.402. The van der Waals surface area contributed by atoms with E-state index >= 15 is 0 Å². The molecule has 2 rings (SSSR count). The van der Waals surface area contributed by atoms with Crippen molar-refractivity contribution < 1.29 is 14.1 Å². The van der Waals surface area contributed by atoms with Gasteiger partial charge in [0.25, 0.3) is 0 Å². The molecule has 0 bridgehead atoms. The molecule has 0 aliphatic rings. The molecule has 0 aliphatic carbocycles. The van der Waals surface area contributed by atoms with Crippen LogP contribution in [0.25, 0.3) is 0 Å². The number of hydrazone groups is 1. The first-order valence-electron chi connectivity index (χ1n) is 5.51. The zero-order valence-electron chi connectivity index (χ0n) is 10.7. The monoisotopic (exact) mass is 277 g/mol. The van der Waals surface area contributed by atoms with Gasteiger partial charge in [-0.15, -0.1) is 0 Å². The third-order valence-electron chi connectivity index (χ3n) is 2.19. The smallest absolute Gasteiger partial charge is 0.433 e. The van der Waals surface area contributed by atoms with Gasteiger partial charge in [0.15, 0.2) is 5.76 Å². The summed E-state index contributed by atoms with van der Waals surface area (Å²) in [4.78, 5) is 17.9. The van der Waals surface area contributed by atoms with Gasteiger partial charge in [0.05, 0.1) is 19.4 Å². The number of anilines is 1. The second kappa shape index (κ2) is 5.78. The molecule has 9 heteroatoms. The molecule has 0 amide bonds. The van der Waals surface area contributed by atoms with Crippen molar-refractivity contribution in [3.05, 3.63) is 39.8 Å². The highest BCUT2D eigenvalue weighted by molar-refractivity contribution is 5.76. The summed E-state index contributed by atoms with van der Waals surface area (Å²) in [5.74, 6) is 0.548. The number of aromatic nitrogens is 2. The standard InChI is InChI=1S/C11H11N5O4/c1-7-5-9(19-2)14-11(13-7)15-12-6-8-3-4-10(20-8)16(17)18/h3-6H,1-2H3,(H,13,14,15)/b12-6+. The molecule has 2 aromatic rings. The normalized spacial score (nSPS) is 10.7. The summed E-state index contributed by atoms with van der Waals surface area (Å²) in [5.41, 5.74) is 3.30. The average Bonchev–Trinajstić information content (AvgIpc) is 2.87. The molecule has 1 N–H and O–H groups in total. The van der Waals surface area contributed by atoms with Crippen molar-refractivity contribution in [1.82, 2.24) is 9.97 Å². The third-order valence-corrected chi connectivity index (χ3v) is 2.19. The van der Waals surface area contributed by atoms with E-state index < -0.39 is 4.92 Å². The van der Waals surface area contributed by atoms with Gasteiger partial charge in [0.1, 0.15) is 4.92 Å². The van der Waals surface area contributed by atoms with Crippen molar-refractivity contribution in [3.8, 4) is 5.88 Å². The molecule has 0 spiro atoms. The van der Waals surface area contributed by atoms with E-state index in [4.69, 9.17) is 9.15 Å². The van der Waals surface area contributed by atoms with Crippen molar-refractivity contribution in [1.29, 1.82) is 0 Å². The van der Waals surface area contributed by atoms with Crippen LogP contribution in [0.3, 0.4) is 0 Å². The number of rotatable bonds is 5. The lowest BCUT2D eigenvalue weighted by Crippen LogP contribution is -2.00. The van der Waals surface area contributed by atoms with Gasteiger partial charge in [-0.3, -0.25) is 10.1 Å². The fraction of sp³-hybridized carbons (Fsp3) is 0.182. The van der Waals surface area contributed by atoms with Crippen LogP contribution in [0.5, 0.6) is 5.88 Å². The largest absolute Gasteiger partial charge is 0.481 e. The van der Waals surface area contributed by atoms with Crippen molar-refractivity contribution in [2.45, 2.75) is 6.92 Å². The SMILES string of the molecule is COc1cc(C)nc(N/N=C/c2ccc([N+](=O)[O-])o2)n1. The molecule has 0 aromatic carbocycles. The number of hydrogen-bond acceptors (Lipinski definition) is 8. The maximum Gasteiger partial charge on any atom is 0.433 e. The number of methoxy groups -OCH3 is 1. The summed E-state index contributed by atoms with van der Waals surface area (Å²) in [6, 6.07) is 4.35. The van der Waals surface area contributed by atoms with Gasteiger partial charge in [-0.25, -0.2) is 10.4 Å². The molecule has 0 aliphatic heterocycles. The fourth-order valence-electron chi connectivity index (χ4n) is 1.36. The Bertz CT molecular complexity index is 652. The minimum atomic E-state index is -0.626. The maximum absolute atomic E-state index is 10.4. The van der Waals surface area contributed by atoms with Crippen molar-refractivity contribution in [2.24, 2.45) is 5.10 Å². The zero-order chi connectivity index (χ0) is 14.5. The Morgan fingerprint density at radius 3 is 2.95 bits per heavy atom. The topological polar surface area (TPSA) is 116 Å². The third kappa shape index (κ3) is 3.28. The number of nitro groups is 1. The van der Waals surface area contributed by atoms with Gasteiger partial charge < -0.3 is 9.15 Å². The van der Waals surface area contributed by atoms with Crippen LogP contribution in [0.1, 0.15) is 11.5 Å². The Morgan fingerprint density at radius 1 is 1.50 bits per heavy atom. The predicted molar refractivity (Wildman–Crippen MR) is 69.9 cm³/mol. The van der Waals surface area contributed by atoms with Crippen LogP contribution in [-0.2, 0) is 0 Å². The van der Waals surface area contributed by atoms with Crippen LogP contribution in [-0.4, -0.2) is 28.2 Å². The summed E-state index contributed by atoms with van der Waals surface area (Å²) < 4.78 is 9.89. The Kier molecular flexibility index (Phi) is 3.89. The lowest BCUT2D eigenvalue weighted by Gasteiger charge is -2.03. The quantitative estimate of drug-likeness (QED) is 0.502. The molecule has 2 heterocycles. The molecule has 0 saturated heterocycles. The number of hydrogen-bond donors (Lipinski definition) is 1. The van der Waals surface area contributed by atoms with E-state index in [1.165, 1.54) is 25.5 Å². The summed E-state index contributed by atoms with van der Waals surface area (Å²) >= 11 is 0. The molecular formula is C11H11N5O4. The summed E-state index contributed by atoms with van der Waals surface area (Å²) in [6.07, 6.45) is 1.28. The first-order valence-corrected chi connectivity index (χ1v) is 5.51. The zero-order valence-corrected chi connectivity index (χ0v) is 10.7. The van der Waals surface area contributed by atoms with Crippen molar-refractivity contribution >= 4 is 18.0 Å². The molecule has 0 saturated carbocycles. The molecule has 20 heavy (non-hydrogen) atoms. The van der Waals surface area contributed by atoms with Gasteiger partial charge in [-0.05, 0) is 13.0 Å². The van der Waals surface area contributed by atoms with E-state index in [1.807, 2.05) is 0 Å². The highest BCUT2D eigenvalue weighted by atomic mass is 16.6. The van der Waals surface area contributed by atoms with Crippen molar-refractivity contribution in [2.75, 3.05) is 12.5 Å². The number of ether oxygens (including phenoxy) is 1. The van der Waals surface area contributed by atoms with Gasteiger partial charge >= 0.3 is 5.88 Å². The molecule has 0 unspecified atom stereocenters. The van der Waals surface area contributed by atoms with Crippen LogP contribution in [0.15, 0.2) is 27.7 Å². The fourth-order valence-corrected chi connectivity index (χ4v) is 1.36. The number of aryl methyl sites for hydroxylation is 1. The number of nitrogens with one attached hydrogen (secondary N) is 1. The molecule has 0 fully saturated rings. The first-order chi connectivity index (χ1) is 9.58. The molecule has 9 nitrogen and oxygen atoms in total. The van der Waals surface area contributed by atoms with Gasteiger partial charge in [-0.1, -0.05) is 0 Å². The van der Waals surface area contributed by atoms with E-state index in [9.17, 15) is 10.1 Å². The van der Waals surface area contributed by atoms with Crippen molar-refractivity contribution in [3.63, 3.8) is 0 Å². The summed E-state index contributed by atoms with van der Waals surface area (Å²) in [5, 5.41) is 14.3. The van der Waals surface area contributed by atoms with Gasteiger partial charge in [-0.2, -0.15) is 10.1 Å². The van der Waals surface area contributed by atoms with E-state index in [-0.39, 0.29) is 17.6 Å². The minimum Gasteiger partial charge on any atom is -0.481 e. The minimum absolute atomic E-state index is 0.240. The molecule has 0 radical (unpaired) electrons. The van der Waals surface area contributed by atoms with Gasteiger partial charge in [0, 0.05) is 11.8 Å². The second-order valence-electron chi connectivity index (χ2n) is 3.68. The molecule has 0 atom stereocenters. The van der Waals surface area contributed by atoms with Gasteiger partial charge in [0.2, 0.25) is 11.8 Å². The first kappa shape index (κ1) is 13.5. The molecular weight excluding hydrogens is 266 g/mol. The summed E-state index contributed by atoms with van der Waals surface area (Å²) in [6.45, 7) is 1.79. The Hall–Kier alpha value is -2.97. The highest BCUT2D eigenvalue weighted by Gasteiger charge is 2.10. The molecule has 104 valence electrons. The number of furan rings is 1. The van der Waals surface area contributed by atoms with E-state index in [2.05, 4.69) is 20.5 Å². The van der Waals surface area contributed by atoms with E-state index in [0.717, 1.165) is 0 Å². The van der Waals surface area contributed by atoms with Crippen LogP contribution < -0.4 is 10.2 Å². The summed E-state index contributed by atoms with van der Waals surface area (Å²) in [7, 11) is 1.50. The van der Waals surface area contributed by atoms with E-state index in [1.54, 1.807) is 13.0 Å². The van der Waals surface area contributed by atoms with Crippen LogP contribution in [0, 0.1) is 17.0 Å². The average molecular weight is 277 g/mol.